The molecule has 0 radical (unpaired) electrons. The topological polar surface area (TPSA) is 37.4 Å². The van der Waals surface area contributed by atoms with Crippen LogP contribution in [-0.4, -0.2) is 29.2 Å². The highest BCUT2D eigenvalue weighted by Gasteiger charge is 2.36. The largest absolute Gasteiger partial charge is 0.335 e. The summed E-state index contributed by atoms with van der Waals surface area (Å²) in [6.07, 6.45) is 7.46. The van der Waals surface area contributed by atoms with Gasteiger partial charge in [-0.2, -0.15) is 0 Å². The average molecular weight is 285 g/mol. The molecule has 1 aromatic carbocycles. The molecule has 3 nitrogen and oxygen atoms in total. The quantitative estimate of drug-likeness (QED) is 0.794. The van der Waals surface area contributed by atoms with Crippen LogP contribution < -0.4 is 0 Å². The van der Waals surface area contributed by atoms with Crippen molar-refractivity contribution in [1.29, 1.82) is 0 Å². The lowest BCUT2D eigenvalue weighted by Gasteiger charge is -2.29. The van der Waals surface area contributed by atoms with E-state index in [0.717, 1.165) is 19.4 Å². The fraction of sp³-hybridized carbons (Fsp3) is 0.556. The van der Waals surface area contributed by atoms with Crippen molar-refractivity contribution in [1.82, 2.24) is 4.90 Å². The van der Waals surface area contributed by atoms with Crippen LogP contribution in [0.2, 0.25) is 0 Å². The summed E-state index contributed by atoms with van der Waals surface area (Å²) in [6.45, 7) is 2.43. The van der Waals surface area contributed by atoms with E-state index in [1.165, 1.54) is 25.7 Å². The van der Waals surface area contributed by atoms with E-state index in [2.05, 4.69) is 4.90 Å². The molecule has 2 fully saturated rings. The molecule has 1 heterocycles. The fourth-order valence-corrected chi connectivity index (χ4v) is 3.89. The summed E-state index contributed by atoms with van der Waals surface area (Å²) in [6, 6.07) is 7.55. The number of benzene rings is 1. The molecule has 21 heavy (non-hydrogen) atoms. The normalized spacial score (nSPS) is 22.7. The fourth-order valence-electron chi connectivity index (χ4n) is 3.89. The monoisotopic (exact) mass is 285 g/mol. The van der Waals surface area contributed by atoms with Crippen molar-refractivity contribution in [2.24, 2.45) is 5.92 Å². The van der Waals surface area contributed by atoms with Crippen molar-refractivity contribution in [2.45, 2.75) is 51.5 Å². The van der Waals surface area contributed by atoms with E-state index >= 15 is 0 Å². The molecule has 0 spiro atoms. The van der Waals surface area contributed by atoms with E-state index in [4.69, 9.17) is 0 Å². The molecule has 0 aromatic heterocycles. The lowest BCUT2D eigenvalue weighted by atomic mass is 9.95. The number of nitrogens with zero attached hydrogens (tertiary/aromatic N) is 1. The van der Waals surface area contributed by atoms with Gasteiger partial charge in [0, 0.05) is 23.7 Å². The molecular weight excluding hydrogens is 262 g/mol. The van der Waals surface area contributed by atoms with Crippen molar-refractivity contribution in [3.05, 3.63) is 35.4 Å². The Kier molecular flexibility index (Phi) is 4.09. The first-order valence-corrected chi connectivity index (χ1v) is 8.09. The number of likely N-dealkylation sites (tertiary alicyclic amines) is 1. The van der Waals surface area contributed by atoms with Crippen LogP contribution in [0.3, 0.4) is 0 Å². The molecule has 1 aliphatic heterocycles. The van der Waals surface area contributed by atoms with Crippen LogP contribution >= 0.6 is 0 Å². The smallest absolute Gasteiger partial charge is 0.254 e. The highest BCUT2D eigenvalue weighted by molar-refractivity contribution is 5.97. The van der Waals surface area contributed by atoms with Crippen molar-refractivity contribution in [3.63, 3.8) is 0 Å². The second kappa shape index (κ2) is 6.00. The lowest BCUT2D eigenvalue weighted by Crippen LogP contribution is -2.39. The molecular formula is C18H23NO2. The Morgan fingerprint density at radius 3 is 2.19 bits per heavy atom. The number of Topliss-reactive ketones (excluding diaryl/α,β-unsaturated/α-hetero) is 1. The molecule has 1 amide bonds. The first-order chi connectivity index (χ1) is 10.2. The van der Waals surface area contributed by atoms with E-state index in [0.29, 0.717) is 23.1 Å². The molecule has 3 rings (SSSR count). The van der Waals surface area contributed by atoms with Gasteiger partial charge in [0.2, 0.25) is 0 Å². The highest BCUT2D eigenvalue weighted by atomic mass is 16.2. The molecule has 1 atom stereocenters. The van der Waals surface area contributed by atoms with Gasteiger partial charge >= 0.3 is 0 Å². The van der Waals surface area contributed by atoms with Crippen molar-refractivity contribution in [3.8, 4) is 0 Å². The van der Waals surface area contributed by atoms with Crippen LogP contribution in [0, 0.1) is 5.92 Å². The summed E-state index contributed by atoms with van der Waals surface area (Å²) in [4.78, 5) is 26.1. The zero-order valence-corrected chi connectivity index (χ0v) is 12.7. The van der Waals surface area contributed by atoms with E-state index in [9.17, 15) is 9.59 Å². The zero-order chi connectivity index (χ0) is 14.8. The van der Waals surface area contributed by atoms with E-state index < -0.39 is 0 Å². The van der Waals surface area contributed by atoms with Crippen molar-refractivity contribution in [2.75, 3.05) is 6.54 Å². The number of ketones is 1. The number of rotatable bonds is 3. The summed E-state index contributed by atoms with van der Waals surface area (Å²) in [5.41, 5.74) is 1.38. The molecule has 112 valence electrons. The molecule has 1 saturated carbocycles. The maximum absolute atomic E-state index is 12.7. The number of carbonyl (C=O) groups is 2. The highest BCUT2D eigenvalue weighted by Crippen LogP contribution is 2.36. The van der Waals surface area contributed by atoms with Crippen LogP contribution in [0.15, 0.2) is 24.3 Å². The Labute approximate surface area is 126 Å². The Morgan fingerprint density at radius 2 is 1.57 bits per heavy atom. The van der Waals surface area contributed by atoms with Crippen LogP contribution in [0.1, 0.15) is 66.2 Å². The lowest BCUT2D eigenvalue weighted by molar-refractivity contribution is 0.0688. The summed E-state index contributed by atoms with van der Waals surface area (Å²) < 4.78 is 0. The maximum Gasteiger partial charge on any atom is 0.254 e. The van der Waals surface area contributed by atoms with Gasteiger partial charge in [-0.15, -0.1) is 0 Å². The first-order valence-electron chi connectivity index (χ1n) is 8.09. The molecule has 0 unspecified atom stereocenters. The minimum atomic E-state index is 0.0407. The molecule has 1 aromatic rings. The summed E-state index contributed by atoms with van der Waals surface area (Å²) >= 11 is 0. The molecule has 0 bridgehead atoms. The molecule has 1 saturated heterocycles. The summed E-state index contributed by atoms with van der Waals surface area (Å²) in [7, 11) is 0. The van der Waals surface area contributed by atoms with E-state index in [1.807, 2.05) is 0 Å². The van der Waals surface area contributed by atoms with Gasteiger partial charge < -0.3 is 4.90 Å². The average Bonchev–Trinajstić information content (AvgIpc) is 3.17. The van der Waals surface area contributed by atoms with Gasteiger partial charge in [-0.05, 0) is 50.7 Å². The van der Waals surface area contributed by atoms with Crippen LogP contribution in [0.5, 0.6) is 0 Å². The van der Waals surface area contributed by atoms with E-state index in [1.54, 1.807) is 31.2 Å². The second-order valence-electron chi connectivity index (χ2n) is 6.39. The number of amides is 1. The predicted molar refractivity (Wildman–Crippen MR) is 82.5 cm³/mol. The first kappa shape index (κ1) is 14.3. The molecule has 2 aliphatic rings. The van der Waals surface area contributed by atoms with Gasteiger partial charge in [0.1, 0.15) is 0 Å². The Morgan fingerprint density at radius 1 is 0.952 bits per heavy atom. The van der Waals surface area contributed by atoms with Gasteiger partial charge in [0.15, 0.2) is 5.78 Å². The maximum atomic E-state index is 12.7. The van der Waals surface area contributed by atoms with Crippen LogP contribution in [0.4, 0.5) is 0 Å². The Hall–Kier alpha value is -1.64. The Bertz CT molecular complexity index is 529. The minimum Gasteiger partial charge on any atom is -0.335 e. The minimum absolute atomic E-state index is 0.0407. The Balaban J connectivity index is 1.75. The van der Waals surface area contributed by atoms with Crippen LogP contribution in [-0.2, 0) is 0 Å². The SMILES string of the molecule is CC(=O)c1ccc(C(=O)N2CCC[C@@H]2C2CCCC2)cc1. The van der Waals surface area contributed by atoms with Gasteiger partial charge in [-0.3, -0.25) is 9.59 Å². The summed E-state index contributed by atoms with van der Waals surface area (Å²) in [5, 5.41) is 0. The molecule has 3 heteroatoms. The van der Waals surface area contributed by atoms with Crippen LogP contribution in [0.25, 0.3) is 0 Å². The summed E-state index contributed by atoms with van der Waals surface area (Å²) in [5.74, 6) is 0.881. The predicted octanol–water partition coefficient (Wildman–Crippen LogP) is 3.68. The van der Waals surface area contributed by atoms with Gasteiger partial charge in [-0.1, -0.05) is 25.0 Å². The zero-order valence-electron chi connectivity index (χ0n) is 12.7. The number of hydrogen-bond donors (Lipinski definition) is 0. The third-order valence-electron chi connectivity index (χ3n) is 5.04. The van der Waals surface area contributed by atoms with Gasteiger partial charge in [0.25, 0.3) is 5.91 Å². The molecule has 1 aliphatic carbocycles. The standard InChI is InChI=1S/C18H23NO2/c1-13(20)14-8-10-16(11-9-14)18(21)19-12-4-7-17(19)15-5-2-3-6-15/h8-11,15,17H,2-7,12H2,1H3/t17-/m1/s1. The van der Waals surface area contributed by atoms with Crippen molar-refractivity contribution >= 4 is 11.7 Å². The van der Waals surface area contributed by atoms with Gasteiger partial charge in [0.05, 0.1) is 0 Å². The van der Waals surface area contributed by atoms with E-state index in [-0.39, 0.29) is 11.7 Å². The molecule has 0 N–H and O–H groups in total. The number of carbonyl (C=O) groups excluding carboxylic acids is 2. The third-order valence-corrected chi connectivity index (χ3v) is 5.04. The third kappa shape index (κ3) is 2.87. The van der Waals surface area contributed by atoms with Gasteiger partial charge in [-0.25, -0.2) is 0 Å². The second-order valence-corrected chi connectivity index (χ2v) is 6.39. The van der Waals surface area contributed by atoms with Crippen molar-refractivity contribution < 1.29 is 9.59 Å². The number of hydrogen-bond acceptors (Lipinski definition) is 2.